The summed E-state index contributed by atoms with van der Waals surface area (Å²) in [5.74, 6) is 0.514. The van der Waals surface area contributed by atoms with Crippen molar-refractivity contribution in [1.82, 2.24) is 14.8 Å². The fourth-order valence-corrected chi connectivity index (χ4v) is 2.57. The van der Waals surface area contributed by atoms with Crippen molar-refractivity contribution in [1.29, 1.82) is 0 Å². The van der Waals surface area contributed by atoms with Gasteiger partial charge in [-0.1, -0.05) is 6.07 Å². The second-order valence-electron chi connectivity index (χ2n) is 3.44. The van der Waals surface area contributed by atoms with E-state index in [0.717, 1.165) is 0 Å². The third-order valence-electron chi connectivity index (χ3n) is 2.31. The van der Waals surface area contributed by atoms with E-state index in [-0.39, 0.29) is 11.6 Å². The summed E-state index contributed by atoms with van der Waals surface area (Å²) in [6.45, 7) is 2.61. The average molecular weight is 253 g/mol. The van der Waals surface area contributed by atoms with Crippen molar-refractivity contribution in [3.63, 3.8) is 0 Å². The van der Waals surface area contributed by atoms with Crippen LogP contribution in [-0.4, -0.2) is 19.0 Å². The molecule has 1 aromatic carbocycles. The monoisotopic (exact) mass is 253 g/mol. The lowest BCUT2D eigenvalue weighted by Crippen LogP contribution is -2.07. The highest BCUT2D eigenvalue weighted by Crippen LogP contribution is 2.12. The molecule has 0 bridgehead atoms. The molecule has 17 heavy (non-hydrogen) atoms. The first-order valence-electron chi connectivity index (χ1n) is 5.21. The van der Waals surface area contributed by atoms with Crippen molar-refractivity contribution in [2.45, 2.75) is 24.1 Å². The Kier molecular flexibility index (Phi) is 3.63. The molecule has 0 saturated carbocycles. The maximum atomic E-state index is 13.0. The van der Waals surface area contributed by atoms with Crippen molar-refractivity contribution in [2.24, 2.45) is 0 Å². The maximum Gasteiger partial charge on any atom is 0.139 e. The van der Waals surface area contributed by atoms with Gasteiger partial charge in [0.2, 0.25) is 0 Å². The smallest absolute Gasteiger partial charge is 0.139 e. The van der Waals surface area contributed by atoms with Crippen LogP contribution in [-0.2, 0) is 23.1 Å². The minimum atomic E-state index is -1.30. The minimum absolute atomic E-state index is 0.247. The Morgan fingerprint density at radius 3 is 3.00 bits per heavy atom. The summed E-state index contributed by atoms with van der Waals surface area (Å²) in [6, 6.07) is 5.80. The first-order chi connectivity index (χ1) is 8.20. The van der Waals surface area contributed by atoms with Crippen LogP contribution in [0.4, 0.5) is 4.39 Å². The van der Waals surface area contributed by atoms with E-state index in [9.17, 15) is 8.60 Å². The van der Waals surface area contributed by atoms with E-state index in [4.69, 9.17) is 0 Å². The Morgan fingerprint density at radius 2 is 2.29 bits per heavy atom. The van der Waals surface area contributed by atoms with Crippen molar-refractivity contribution in [2.75, 3.05) is 0 Å². The molecule has 1 unspecified atom stereocenters. The van der Waals surface area contributed by atoms with Gasteiger partial charge < -0.3 is 0 Å². The summed E-state index contributed by atoms with van der Waals surface area (Å²) in [5, 5.41) is 4.00. The van der Waals surface area contributed by atoms with Crippen LogP contribution < -0.4 is 0 Å². The van der Waals surface area contributed by atoms with Gasteiger partial charge in [0.05, 0.1) is 16.6 Å². The molecule has 6 heteroatoms. The summed E-state index contributed by atoms with van der Waals surface area (Å²) < 4.78 is 26.7. The van der Waals surface area contributed by atoms with Gasteiger partial charge in [-0.2, -0.15) is 5.10 Å². The van der Waals surface area contributed by atoms with Crippen LogP contribution in [0.1, 0.15) is 12.7 Å². The number of benzene rings is 1. The number of aromatic nitrogens is 3. The number of aryl methyl sites for hydroxylation is 1. The molecule has 90 valence electrons. The fraction of sp³-hybridized carbons (Fsp3) is 0.273. The summed E-state index contributed by atoms with van der Waals surface area (Å²) in [7, 11) is -1.30. The maximum absolute atomic E-state index is 13.0. The lowest BCUT2D eigenvalue weighted by Gasteiger charge is -2.03. The Morgan fingerprint density at radius 1 is 1.47 bits per heavy atom. The number of hydrogen-bond acceptors (Lipinski definition) is 3. The van der Waals surface area contributed by atoms with Crippen LogP contribution in [0.25, 0.3) is 0 Å². The predicted octanol–water partition coefficient (Wildman–Crippen LogP) is 1.74. The van der Waals surface area contributed by atoms with Crippen molar-refractivity contribution in [3.05, 3.63) is 42.2 Å². The lowest BCUT2D eigenvalue weighted by molar-refractivity contribution is 0.619. The van der Waals surface area contributed by atoms with Gasteiger partial charge >= 0.3 is 0 Å². The van der Waals surface area contributed by atoms with Gasteiger partial charge in [0.1, 0.15) is 18.0 Å². The Balaban J connectivity index is 2.17. The zero-order valence-corrected chi connectivity index (χ0v) is 10.2. The number of hydrogen-bond donors (Lipinski definition) is 0. The molecule has 2 aromatic rings. The normalized spacial score (nSPS) is 12.6. The molecule has 0 spiro atoms. The quantitative estimate of drug-likeness (QED) is 0.834. The van der Waals surface area contributed by atoms with Crippen molar-refractivity contribution >= 4 is 10.8 Å². The zero-order valence-electron chi connectivity index (χ0n) is 9.34. The molecule has 0 radical (unpaired) electrons. The molecule has 0 aliphatic rings. The predicted molar refractivity (Wildman–Crippen MR) is 62.2 cm³/mol. The molecule has 0 fully saturated rings. The van der Waals surface area contributed by atoms with E-state index in [1.165, 1.54) is 18.5 Å². The summed E-state index contributed by atoms with van der Waals surface area (Å²) in [4.78, 5) is 4.51. The Labute approximate surface area is 101 Å². The van der Waals surface area contributed by atoms with Crippen LogP contribution in [0.2, 0.25) is 0 Å². The highest BCUT2D eigenvalue weighted by Gasteiger charge is 2.10. The van der Waals surface area contributed by atoms with Gasteiger partial charge in [0.25, 0.3) is 0 Å². The van der Waals surface area contributed by atoms with Gasteiger partial charge in [-0.25, -0.2) is 14.1 Å². The summed E-state index contributed by atoms with van der Waals surface area (Å²) >= 11 is 0. The molecule has 4 nitrogen and oxygen atoms in total. The molecule has 2 rings (SSSR count). The molecule has 1 atom stereocenters. The van der Waals surface area contributed by atoms with Crippen molar-refractivity contribution < 1.29 is 8.60 Å². The molecule has 0 N–H and O–H groups in total. The van der Waals surface area contributed by atoms with E-state index in [1.807, 2.05) is 6.92 Å². The Hall–Kier alpha value is -1.56. The van der Waals surface area contributed by atoms with Gasteiger partial charge in [0.15, 0.2) is 0 Å². The largest absolute Gasteiger partial charge is 0.254 e. The minimum Gasteiger partial charge on any atom is -0.254 e. The first-order valence-corrected chi connectivity index (χ1v) is 6.53. The number of nitrogens with zero attached hydrogens (tertiary/aromatic N) is 3. The van der Waals surface area contributed by atoms with Gasteiger partial charge in [-0.3, -0.25) is 4.21 Å². The molecule has 0 aliphatic carbocycles. The molecular weight excluding hydrogens is 241 g/mol. The molecule has 0 saturated heterocycles. The average Bonchev–Trinajstić information content (AvgIpc) is 2.76. The SMILES string of the molecule is CCn1ncnc1CS(=O)c1cccc(F)c1. The van der Waals surface area contributed by atoms with Crippen LogP contribution in [0, 0.1) is 5.82 Å². The van der Waals surface area contributed by atoms with E-state index in [2.05, 4.69) is 10.1 Å². The number of halogens is 1. The van der Waals surface area contributed by atoms with Gasteiger partial charge in [-0.15, -0.1) is 0 Å². The fourth-order valence-electron chi connectivity index (χ4n) is 1.47. The highest BCUT2D eigenvalue weighted by molar-refractivity contribution is 7.84. The van der Waals surface area contributed by atoms with Crippen LogP contribution in [0.15, 0.2) is 35.5 Å². The second kappa shape index (κ2) is 5.18. The van der Waals surface area contributed by atoms with Crippen LogP contribution in [0.3, 0.4) is 0 Å². The lowest BCUT2D eigenvalue weighted by atomic mass is 10.4. The third kappa shape index (κ3) is 2.76. The van der Waals surface area contributed by atoms with E-state index >= 15 is 0 Å². The highest BCUT2D eigenvalue weighted by atomic mass is 32.2. The molecular formula is C11H12FN3OS. The van der Waals surface area contributed by atoms with Gasteiger partial charge in [0, 0.05) is 11.4 Å². The van der Waals surface area contributed by atoms with Crippen LogP contribution >= 0.6 is 0 Å². The second-order valence-corrected chi connectivity index (χ2v) is 4.89. The van der Waals surface area contributed by atoms with E-state index in [0.29, 0.717) is 17.3 Å². The summed E-state index contributed by atoms with van der Waals surface area (Å²) in [6.07, 6.45) is 1.43. The number of rotatable bonds is 4. The van der Waals surface area contributed by atoms with Crippen LogP contribution in [0.5, 0.6) is 0 Å². The topological polar surface area (TPSA) is 47.8 Å². The first kappa shape index (κ1) is 11.9. The Bertz CT molecular complexity index is 541. The summed E-state index contributed by atoms with van der Waals surface area (Å²) in [5.41, 5.74) is 0. The molecule has 0 amide bonds. The molecule has 1 aromatic heterocycles. The van der Waals surface area contributed by atoms with E-state index < -0.39 is 10.8 Å². The third-order valence-corrected chi connectivity index (χ3v) is 3.61. The molecule has 1 heterocycles. The van der Waals surface area contributed by atoms with Crippen molar-refractivity contribution in [3.8, 4) is 0 Å². The standard InChI is InChI=1S/C11H12FN3OS/c1-2-15-11(13-8-14-15)7-17(16)10-5-3-4-9(12)6-10/h3-6,8H,2,7H2,1H3. The zero-order chi connectivity index (χ0) is 12.3. The molecule has 0 aliphatic heterocycles. The van der Waals surface area contributed by atoms with E-state index in [1.54, 1.807) is 16.8 Å². The van der Waals surface area contributed by atoms with Gasteiger partial charge in [-0.05, 0) is 25.1 Å².